The monoisotopic (exact) mass is 438 g/mol. The predicted octanol–water partition coefficient (Wildman–Crippen LogP) is 4.62. The van der Waals surface area contributed by atoms with E-state index in [1.807, 2.05) is 37.2 Å². The van der Waals surface area contributed by atoms with Gasteiger partial charge in [0.2, 0.25) is 5.78 Å². The number of aliphatic hydroxyl groups is 1. The highest BCUT2D eigenvalue weighted by atomic mass is 35.5. The lowest BCUT2D eigenvalue weighted by Crippen LogP contribution is -2.33. The summed E-state index contributed by atoms with van der Waals surface area (Å²) in [4.78, 5) is 29.9. The number of para-hydroxylation sites is 1. The molecule has 4 rings (SSSR count). The predicted molar refractivity (Wildman–Crippen MR) is 119 cm³/mol. The Bertz CT molecular complexity index is 1130. The second-order valence-corrected chi connectivity index (χ2v) is 8.29. The van der Waals surface area contributed by atoms with Crippen LogP contribution in [0.5, 0.6) is 0 Å². The van der Waals surface area contributed by atoms with Gasteiger partial charge in [0.1, 0.15) is 5.58 Å². The summed E-state index contributed by atoms with van der Waals surface area (Å²) in [6.45, 7) is 1.16. The number of Topliss-reactive ketones (excluding diaryl/α,β-unsaturated/α-hetero) is 1. The van der Waals surface area contributed by atoms with Crippen LogP contribution in [0, 0.1) is 0 Å². The fraction of sp³-hybridized carbons (Fsp3) is 0.250. The number of amides is 1. The summed E-state index contributed by atoms with van der Waals surface area (Å²) in [5, 5.41) is 12.0. The maximum absolute atomic E-state index is 13.4. The molecule has 1 aliphatic heterocycles. The Kier molecular flexibility index (Phi) is 5.85. The topological polar surface area (TPSA) is 74.0 Å². The van der Waals surface area contributed by atoms with Crippen molar-refractivity contribution in [1.82, 2.24) is 9.80 Å². The smallest absolute Gasteiger partial charge is 0.290 e. The molecule has 160 valence electrons. The Hall–Kier alpha value is -3.09. The highest BCUT2D eigenvalue weighted by Gasteiger charge is 2.44. The number of rotatable bonds is 7. The van der Waals surface area contributed by atoms with Gasteiger partial charge in [-0.2, -0.15) is 0 Å². The average Bonchev–Trinajstić information content (AvgIpc) is 3.28. The lowest BCUT2D eigenvalue weighted by atomic mass is 9.95. The number of fused-ring (bicyclic) bond motifs is 1. The third-order valence-electron chi connectivity index (χ3n) is 5.39. The van der Waals surface area contributed by atoms with Gasteiger partial charge in [-0.25, -0.2) is 0 Å². The molecule has 0 bridgehead atoms. The van der Waals surface area contributed by atoms with Gasteiger partial charge in [0.25, 0.3) is 5.91 Å². The number of carbonyl (C=O) groups excluding carboxylic acids is 2. The highest BCUT2D eigenvalue weighted by molar-refractivity contribution is 6.30. The zero-order chi connectivity index (χ0) is 22.1. The van der Waals surface area contributed by atoms with Crippen LogP contribution in [0.25, 0.3) is 11.0 Å². The number of furan rings is 1. The Labute approximate surface area is 185 Å². The van der Waals surface area contributed by atoms with Gasteiger partial charge in [-0.15, -0.1) is 0 Å². The molecule has 1 aliphatic rings. The van der Waals surface area contributed by atoms with E-state index in [-0.39, 0.29) is 11.3 Å². The van der Waals surface area contributed by atoms with Gasteiger partial charge in [-0.3, -0.25) is 9.59 Å². The fourth-order valence-electron chi connectivity index (χ4n) is 3.89. The number of halogens is 1. The lowest BCUT2D eigenvalue weighted by Gasteiger charge is -2.27. The van der Waals surface area contributed by atoms with Crippen molar-refractivity contribution in [2.45, 2.75) is 12.5 Å². The molecule has 1 atom stereocenters. The molecular formula is C24H23ClN2O4. The zero-order valence-corrected chi connectivity index (χ0v) is 18.1. The summed E-state index contributed by atoms with van der Waals surface area (Å²) in [6, 6.07) is 15.1. The van der Waals surface area contributed by atoms with Gasteiger partial charge in [-0.1, -0.05) is 41.9 Å². The molecule has 1 aromatic heterocycles. The van der Waals surface area contributed by atoms with Crippen molar-refractivity contribution in [3.05, 3.63) is 82.3 Å². The summed E-state index contributed by atoms with van der Waals surface area (Å²) in [6.07, 6.45) is 0.697. The van der Waals surface area contributed by atoms with Gasteiger partial charge < -0.3 is 19.3 Å². The molecule has 7 heteroatoms. The van der Waals surface area contributed by atoms with Crippen LogP contribution in [0.1, 0.15) is 28.6 Å². The molecular weight excluding hydrogens is 416 g/mol. The molecule has 0 saturated carbocycles. The first-order valence-corrected chi connectivity index (χ1v) is 10.4. The molecule has 0 aliphatic carbocycles. The summed E-state index contributed by atoms with van der Waals surface area (Å²) >= 11 is 6.04. The first-order valence-electron chi connectivity index (χ1n) is 10.0. The zero-order valence-electron chi connectivity index (χ0n) is 17.3. The molecule has 1 unspecified atom stereocenters. The molecule has 0 radical (unpaired) electrons. The quantitative estimate of drug-likeness (QED) is 0.545. The normalized spacial score (nSPS) is 16.7. The van der Waals surface area contributed by atoms with E-state index in [1.54, 1.807) is 36.4 Å². The van der Waals surface area contributed by atoms with Crippen LogP contribution in [-0.2, 0) is 4.79 Å². The second-order valence-electron chi connectivity index (χ2n) is 7.85. The minimum atomic E-state index is -0.715. The summed E-state index contributed by atoms with van der Waals surface area (Å²) in [5.41, 5.74) is 1.29. The van der Waals surface area contributed by atoms with E-state index < -0.39 is 23.5 Å². The number of aliphatic hydroxyl groups excluding tert-OH is 1. The van der Waals surface area contributed by atoms with Crippen molar-refractivity contribution in [1.29, 1.82) is 0 Å². The molecule has 0 spiro atoms. The van der Waals surface area contributed by atoms with Gasteiger partial charge in [0, 0.05) is 17.0 Å². The van der Waals surface area contributed by atoms with E-state index in [1.165, 1.54) is 4.90 Å². The molecule has 3 aromatic rings. The molecule has 1 amide bonds. The molecule has 0 saturated heterocycles. The van der Waals surface area contributed by atoms with Crippen molar-refractivity contribution < 1.29 is 19.1 Å². The first-order chi connectivity index (χ1) is 14.9. The van der Waals surface area contributed by atoms with Gasteiger partial charge in [0.05, 0.1) is 11.6 Å². The maximum atomic E-state index is 13.4. The number of hydrogen-bond donors (Lipinski definition) is 1. The summed E-state index contributed by atoms with van der Waals surface area (Å²) < 4.78 is 5.72. The minimum Gasteiger partial charge on any atom is -0.503 e. The second kappa shape index (κ2) is 8.57. The Morgan fingerprint density at radius 3 is 2.55 bits per heavy atom. The maximum Gasteiger partial charge on any atom is 0.290 e. The third kappa shape index (κ3) is 4.09. The van der Waals surface area contributed by atoms with E-state index >= 15 is 0 Å². The van der Waals surface area contributed by atoms with Crippen LogP contribution in [0.2, 0.25) is 5.02 Å². The third-order valence-corrected chi connectivity index (χ3v) is 5.64. The Balaban J connectivity index is 1.74. The van der Waals surface area contributed by atoms with Crippen LogP contribution in [0.3, 0.4) is 0 Å². The van der Waals surface area contributed by atoms with Crippen LogP contribution < -0.4 is 0 Å². The number of ketones is 1. The Morgan fingerprint density at radius 2 is 1.87 bits per heavy atom. The van der Waals surface area contributed by atoms with E-state index in [9.17, 15) is 14.7 Å². The molecule has 1 N–H and O–H groups in total. The standard InChI is InChI=1S/C24H23ClN2O4/c1-26(2)12-5-13-27-21(15-8-10-17(25)11-9-15)20(23(29)24(27)30)22(28)19-14-16-6-3-4-7-18(16)31-19/h3-4,6-11,14,21,29H,5,12-13H2,1-2H3. The minimum absolute atomic E-state index is 0.0243. The van der Waals surface area contributed by atoms with Crippen molar-refractivity contribution >= 4 is 34.3 Å². The lowest BCUT2D eigenvalue weighted by molar-refractivity contribution is -0.129. The van der Waals surface area contributed by atoms with Crippen LogP contribution in [0.4, 0.5) is 0 Å². The van der Waals surface area contributed by atoms with Gasteiger partial charge >= 0.3 is 0 Å². The van der Waals surface area contributed by atoms with E-state index in [4.69, 9.17) is 16.0 Å². The molecule has 2 heterocycles. The fourth-order valence-corrected chi connectivity index (χ4v) is 4.02. The number of benzene rings is 2. The van der Waals surface area contributed by atoms with Gasteiger partial charge in [0.15, 0.2) is 11.5 Å². The van der Waals surface area contributed by atoms with E-state index in [0.29, 0.717) is 29.1 Å². The molecule has 0 fully saturated rings. The van der Waals surface area contributed by atoms with Crippen LogP contribution in [-0.4, -0.2) is 53.8 Å². The van der Waals surface area contributed by atoms with Crippen molar-refractivity contribution in [2.75, 3.05) is 27.2 Å². The van der Waals surface area contributed by atoms with Crippen molar-refractivity contribution in [2.24, 2.45) is 0 Å². The summed E-state index contributed by atoms with van der Waals surface area (Å²) in [7, 11) is 3.91. The largest absolute Gasteiger partial charge is 0.503 e. The molecule has 31 heavy (non-hydrogen) atoms. The first kappa shape index (κ1) is 21.2. The number of carbonyl (C=O) groups is 2. The SMILES string of the molecule is CN(C)CCCN1C(=O)C(O)=C(C(=O)c2cc3ccccc3o2)C1c1ccc(Cl)cc1. The van der Waals surface area contributed by atoms with Gasteiger partial charge in [-0.05, 0) is 56.9 Å². The highest BCUT2D eigenvalue weighted by Crippen LogP contribution is 2.40. The molecule has 2 aromatic carbocycles. The van der Waals surface area contributed by atoms with Crippen molar-refractivity contribution in [3.8, 4) is 0 Å². The average molecular weight is 439 g/mol. The number of nitrogens with zero attached hydrogens (tertiary/aromatic N) is 2. The van der Waals surface area contributed by atoms with E-state index in [2.05, 4.69) is 0 Å². The Morgan fingerprint density at radius 1 is 1.16 bits per heavy atom. The molecule has 6 nitrogen and oxygen atoms in total. The van der Waals surface area contributed by atoms with Crippen molar-refractivity contribution in [3.63, 3.8) is 0 Å². The van der Waals surface area contributed by atoms with Crippen LogP contribution in [0.15, 0.2) is 70.3 Å². The number of hydrogen-bond acceptors (Lipinski definition) is 5. The summed E-state index contributed by atoms with van der Waals surface area (Å²) in [5.74, 6) is -1.50. The van der Waals surface area contributed by atoms with E-state index in [0.717, 1.165) is 11.9 Å². The van der Waals surface area contributed by atoms with Crippen LogP contribution >= 0.6 is 11.6 Å².